The molecule has 3 atom stereocenters. The lowest BCUT2D eigenvalue weighted by Crippen LogP contribution is -2.23. The van der Waals surface area contributed by atoms with E-state index in [4.69, 9.17) is 4.74 Å². The Bertz CT molecular complexity index is 447. The summed E-state index contributed by atoms with van der Waals surface area (Å²) in [5.74, 6) is -1.12. The minimum absolute atomic E-state index is 0.0959. The molecule has 0 aromatic heterocycles. The van der Waals surface area contributed by atoms with E-state index in [-0.39, 0.29) is 18.1 Å². The van der Waals surface area contributed by atoms with E-state index >= 15 is 0 Å². The van der Waals surface area contributed by atoms with E-state index in [1.165, 1.54) is 0 Å². The smallest absolute Gasteiger partial charge is 0.306 e. The number of halogens is 1. The van der Waals surface area contributed by atoms with Crippen molar-refractivity contribution >= 4 is 21.9 Å². The summed E-state index contributed by atoms with van der Waals surface area (Å²) < 4.78 is 6.71. The van der Waals surface area contributed by atoms with Crippen molar-refractivity contribution in [2.24, 2.45) is 5.92 Å². The third-order valence-electron chi connectivity index (χ3n) is 3.64. The summed E-state index contributed by atoms with van der Waals surface area (Å²) in [6.07, 6.45) is 3.51. The second kappa shape index (κ2) is 6.53. The van der Waals surface area contributed by atoms with Crippen LogP contribution in [-0.2, 0) is 16.0 Å². The van der Waals surface area contributed by atoms with E-state index in [2.05, 4.69) is 15.9 Å². The van der Waals surface area contributed by atoms with Gasteiger partial charge in [-0.15, -0.1) is 0 Å². The number of hydrogen-bond acceptors (Lipinski definition) is 2. The average Bonchev–Trinajstić information content (AvgIpc) is 2.76. The number of aliphatic carboxylic acids is 1. The van der Waals surface area contributed by atoms with Crippen molar-refractivity contribution in [1.29, 1.82) is 0 Å². The number of rotatable bonds is 5. The summed E-state index contributed by atoms with van der Waals surface area (Å²) in [5.41, 5.74) is 1.04. The first-order valence-corrected chi connectivity index (χ1v) is 7.47. The first-order chi connectivity index (χ1) is 9.06. The molecule has 0 radical (unpaired) electrons. The fraction of sp³-hybridized carbons (Fsp3) is 0.533. The fourth-order valence-corrected chi connectivity index (χ4v) is 3.02. The molecular weight excluding hydrogens is 308 g/mol. The Kier molecular flexibility index (Phi) is 4.99. The third-order valence-corrected chi connectivity index (χ3v) is 4.41. The summed E-state index contributed by atoms with van der Waals surface area (Å²) in [7, 11) is 0. The van der Waals surface area contributed by atoms with Crippen molar-refractivity contribution in [1.82, 2.24) is 0 Å². The Labute approximate surface area is 122 Å². The van der Waals surface area contributed by atoms with Crippen LogP contribution in [0.4, 0.5) is 0 Å². The van der Waals surface area contributed by atoms with E-state index < -0.39 is 5.97 Å². The molecule has 1 fully saturated rings. The maximum Gasteiger partial charge on any atom is 0.306 e. The number of carboxylic acids is 1. The van der Waals surface area contributed by atoms with Crippen LogP contribution in [0, 0.1) is 5.92 Å². The van der Waals surface area contributed by atoms with Crippen LogP contribution in [0.25, 0.3) is 0 Å². The zero-order valence-corrected chi connectivity index (χ0v) is 12.6. The minimum atomic E-state index is -0.737. The number of ether oxygens (including phenoxy) is 1. The molecule has 3 nitrogen and oxygen atoms in total. The van der Waals surface area contributed by atoms with Crippen LogP contribution in [0.2, 0.25) is 0 Å². The summed E-state index contributed by atoms with van der Waals surface area (Å²) in [6.45, 7) is 2.05. The zero-order chi connectivity index (χ0) is 13.8. The molecule has 0 aliphatic carbocycles. The molecule has 0 spiro atoms. The van der Waals surface area contributed by atoms with E-state index in [9.17, 15) is 9.90 Å². The summed E-state index contributed by atoms with van der Waals surface area (Å²) in [4.78, 5) is 11.4. The van der Waals surface area contributed by atoms with Gasteiger partial charge in [0.05, 0.1) is 18.1 Å². The molecular formula is C15H19BrO3. The van der Waals surface area contributed by atoms with E-state index in [0.717, 1.165) is 22.9 Å². The highest BCUT2D eigenvalue weighted by atomic mass is 79.9. The first kappa shape index (κ1) is 14.5. The molecule has 1 aliphatic heterocycles. The van der Waals surface area contributed by atoms with Crippen molar-refractivity contribution in [3.63, 3.8) is 0 Å². The molecule has 1 aliphatic rings. The van der Waals surface area contributed by atoms with Gasteiger partial charge in [0.1, 0.15) is 0 Å². The molecule has 1 aromatic rings. The second-order valence-corrected chi connectivity index (χ2v) is 6.07. The third kappa shape index (κ3) is 4.05. The van der Waals surface area contributed by atoms with E-state index in [1.807, 2.05) is 31.2 Å². The Morgan fingerprint density at radius 1 is 1.47 bits per heavy atom. The van der Waals surface area contributed by atoms with Gasteiger partial charge in [0, 0.05) is 4.47 Å². The van der Waals surface area contributed by atoms with Gasteiger partial charge in [-0.25, -0.2) is 0 Å². The van der Waals surface area contributed by atoms with Gasteiger partial charge in [0.15, 0.2) is 0 Å². The molecule has 1 heterocycles. The molecule has 1 saturated heterocycles. The summed E-state index contributed by atoms with van der Waals surface area (Å²) in [5, 5.41) is 9.38. The van der Waals surface area contributed by atoms with Crippen LogP contribution in [-0.4, -0.2) is 23.3 Å². The van der Waals surface area contributed by atoms with Gasteiger partial charge in [-0.2, -0.15) is 0 Å². The molecule has 3 unspecified atom stereocenters. The molecule has 104 valence electrons. The lowest BCUT2D eigenvalue weighted by Gasteiger charge is -2.18. The first-order valence-electron chi connectivity index (χ1n) is 6.68. The van der Waals surface area contributed by atoms with Crippen LogP contribution >= 0.6 is 15.9 Å². The largest absolute Gasteiger partial charge is 0.481 e. The number of carbonyl (C=O) groups is 1. The van der Waals surface area contributed by atoms with Gasteiger partial charge in [0.25, 0.3) is 0 Å². The molecule has 2 rings (SSSR count). The molecule has 19 heavy (non-hydrogen) atoms. The van der Waals surface area contributed by atoms with Crippen LogP contribution in [0.5, 0.6) is 0 Å². The average molecular weight is 327 g/mol. The molecule has 1 N–H and O–H groups in total. The SMILES string of the molecule is CC1CCC(CC(Cc2ccccc2Br)C(=O)O)O1. The summed E-state index contributed by atoms with van der Waals surface area (Å²) in [6, 6.07) is 7.79. The predicted molar refractivity (Wildman–Crippen MR) is 77.2 cm³/mol. The highest BCUT2D eigenvalue weighted by Crippen LogP contribution is 2.28. The fourth-order valence-electron chi connectivity index (χ4n) is 2.58. The number of benzene rings is 1. The second-order valence-electron chi connectivity index (χ2n) is 5.21. The van der Waals surface area contributed by atoms with Gasteiger partial charge in [-0.1, -0.05) is 34.1 Å². The van der Waals surface area contributed by atoms with E-state index in [0.29, 0.717) is 12.8 Å². The van der Waals surface area contributed by atoms with Crippen molar-refractivity contribution in [2.75, 3.05) is 0 Å². The molecule has 0 bridgehead atoms. The van der Waals surface area contributed by atoms with Crippen LogP contribution < -0.4 is 0 Å². The van der Waals surface area contributed by atoms with Gasteiger partial charge in [-0.3, -0.25) is 4.79 Å². The van der Waals surface area contributed by atoms with E-state index in [1.54, 1.807) is 0 Å². The minimum Gasteiger partial charge on any atom is -0.481 e. The monoisotopic (exact) mass is 326 g/mol. The quantitative estimate of drug-likeness (QED) is 0.898. The van der Waals surface area contributed by atoms with Crippen molar-refractivity contribution in [2.45, 2.75) is 44.8 Å². The van der Waals surface area contributed by atoms with Crippen LogP contribution in [0.1, 0.15) is 31.7 Å². The van der Waals surface area contributed by atoms with Gasteiger partial charge in [0.2, 0.25) is 0 Å². The molecule has 1 aromatic carbocycles. The molecule has 4 heteroatoms. The highest BCUT2D eigenvalue weighted by Gasteiger charge is 2.28. The highest BCUT2D eigenvalue weighted by molar-refractivity contribution is 9.10. The normalized spacial score (nSPS) is 24.3. The zero-order valence-electron chi connectivity index (χ0n) is 11.0. The van der Waals surface area contributed by atoms with Gasteiger partial charge >= 0.3 is 5.97 Å². The standard InChI is InChI=1S/C15H19BrO3/c1-10-6-7-13(19-10)9-12(15(17)18)8-11-4-2-3-5-14(11)16/h2-5,10,12-13H,6-9H2,1H3,(H,17,18). The predicted octanol–water partition coefficient (Wildman–Crippen LogP) is 3.65. The van der Waals surface area contributed by atoms with Gasteiger partial charge < -0.3 is 9.84 Å². The number of hydrogen-bond donors (Lipinski definition) is 1. The Hall–Kier alpha value is -0.870. The topological polar surface area (TPSA) is 46.5 Å². The van der Waals surface area contributed by atoms with Crippen molar-refractivity contribution in [3.05, 3.63) is 34.3 Å². The summed E-state index contributed by atoms with van der Waals surface area (Å²) >= 11 is 3.47. The number of carboxylic acid groups (broad SMARTS) is 1. The van der Waals surface area contributed by atoms with Crippen LogP contribution in [0.15, 0.2) is 28.7 Å². The maximum atomic E-state index is 11.4. The lowest BCUT2D eigenvalue weighted by molar-refractivity contribution is -0.143. The Balaban J connectivity index is 2.00. The Morgan fingerprint density at radius 2 is 2.21 bits per heavy atom. The molecule has 0 saturated carbocycles. The van der Waals surface area contributed by atoms with Gasteiger partial charge in [-0.05, 0) is 44.2 Å². The Morgan fingerprint density at radius 3 is 2.79 bits per heavy atom. The maximum absolute atomic E-state index is 11.4. The van der Waals surface area contributed by atoms with Crippen LogP contribution in [0.3, 0.4) is 0 Å². The lowest BCUT2D eigenvalue weighted by atomic mass is 9.93. The molecule has 0 amide bonds. The van der Waals surface area contributed by atoms with Crippen molar-refractivity contribution in [3.8, 4) is 0 Å². The van der Waals surface area contributed by atoms with Crippen molar-refractivity contribution < 1.29 is 14.6 Å².